The number of methoxy groups -OCH3 is 1. The lowest BCUT2D eigenvalue weighted by Gasteiger charge is -2.13. The molecule has 0 amide bonds. The summed E-state index contributed by atoms with van der Waals surface area (Å²) in [5.41, 5.74) is 4.09. The van der Waals surface area contributed by atoms with E-state index < -0.39 is 5.25 Å². The van der Waals surface area contributed by atoms with E-state index in [4.69, 9.17) is 4.74 Å². The molecular weight excluding hydrogens is 450 g/mol. The summed E-state index contributed by atoms with van der Waals surface area (Å²) in [5.74, 6) is 1.21. The summed E-state index contributed by atoms with van der Waals surface area (Å²) in [6, 6.07) is 11.3. The number of hydrogen-bond donors (Lipinski definition) is 1. The maximum Gasteiger partial charge on any atom is 0.196 e. The zero-order valence-electron chi connectivity index (χ0n) is 19.6. The van der Waals surface area contributed by atoms with Crippen LogP contribution < -0.4 is 4.74 Å². The number of thioether (sulfide) groups is 1. The Kier molecular flexibility index (Phi) is 6.65. The van der Waals surface area contributed by atoms with Crippen molar-refractivity contribution in [1.29, 1.82) is 0 Å². The van der Waals surface area contributed by atoms with Gasteiger partial charge in [0.2, 0.25) is 0 Å². The topological polar surface area (TPSA) is 103 Å². The number of benzene rings is 1. The second-order valence-corrected chi connectivity index (χ2v) is 9.19. The van der Waals surface area contributed by atoms with Crippen molar-refractivity contribution < 1.29 is 14.3 Å². The fourth-order valence-corrected chi connectivity index (χ4v) is 4.86. The van der Waals surface area contributed by atoms with Gasteiger partial charge in [-0.3, -0.25) is 19.1 Å². The van der Waals surface area contributed by atoms with Crippen LogP contribution in [0.4, 0.5) is 0 Å². The molecule has 1 aromatic carbocycles. The second kappa shape index (κ2) is 9.64. The van der Waals surface area contributed by atoms with Crippen molar-refractivity contribution in [2.75, 3.05) is 7.11 Å². The van der Waals surface area contributed by atoms with E-state index in [1.807, 2.05) is 47.9 Å². The zero-order valence-corrected chi connectivity index (χ0v) is 20.4. The third-order valence-electron chi connectivity index (χ3n) is 5.59. The average molecular weight is 476 g/mol. The Morgan fingerprint density at radius 1 is 1.06 bits per heavy atom. The number of aryl methyl sites for hydroxylation is 1. The molecule has 0 aliphatic rings. The van der Waals surface area contributed by atoms with Gasteiger partial charge in [0, 0.05) is 34.9 Å². The third-order valence-corrected chi connectivity index (χ3v) is 6.63. The highest BCUT2D eigenvalue weighted by Gasteiger charge is 2.27. The molecule has 0 spiro atoms. The van der Waals surface area contributed by atoms with E-state index >= 15 is 0 Å². The second-order valence-electron chi connectivity index (χ2n) is 7.88. The first kappa shape index (κ1) is 23.4. The Hall–Kier alpha value is -3.72. The number of pyridine rings is 1. The first-order chi connectivity index (χ1) is 16.3. The van der Waals surface area contributed by atoms with Crippen LogP contribution in [0.3, 0.4) is 0 Å². The minimum absolute atomic E-state index is 0.0631. The summed E-state index contributed by atoms with van der Waals surface area (Å²) in [6.45, 7) is 6.94. The number of H-pyrrole nitrogens is 1. The lowest BCUT2D eigenvalue weighted by molar-refractivity contribution is 0.0988. The number of rotatable bonds is 8. The van der Waals surface area contributed by atoms with E-state index in [1.165, 1.54) is 18.7 Å². The van der Waals surface area contributed by atoms with Gasteiger partial charge in [-0.1, -0.05) is 11.8 Å². The van der Waals surface area contributed by atoms with Crippen LogP contribution in [0.5, 0.6) is 5.75 Å². The largest absolute Gasteiger partial charge is 0.497 e. The van der Waals surface area contributed by atoms with E-state index in [2.05, 4.69) is 20.2 Å². The molecule has 174 valence electrons. The Balaban J connectivity index is 1.72. The van der Waals surface area contributed by atoms with Crippen molar-refractivity contribution in [3.8, 4) is 22.8 Å². The molecule has 0 saturated heterocycles. The van der Waals surface area contributed by atoms with Crippen molar-refractivity contribution in [3.05, 3.63) is 71.3 Å². The number of nitrogens with one attached hydrogen (secondary N) is 1. The molecular formula is C25H25N5O3S. The fraction of sp³-hybridized carbons (Fsp3) is 0.240. The number of Topliss-reactive ketones (excluding diaryl/α,β-unsaturated/α-hetero) is 2. The highest BCUT2D eigenvalue weighted by atomic mass is 32.2. The van der Waals surface area contributed by atoms with Gasteiger partial charge in [-0.25, -0.2) is 0 Å². The molecule has 9 heteroatoms. The summed E-state index contributed by atoms with van der Waals surface area (Å²) < 4.78 is 7.20. The summed E-state index contributed by atoms with van der Waals surface area (Å²) in [4.78, 5) is 32.5. The number of aromatic amines is 1. The Morgan fingerprint density at radius 3 is 2.32 bits per heavy atom. The number of hydrogen-bond acceptors (Lipinski definition) is 7. The van der Waals surface area contributed by atoms with Gasteiger partial charge in [0.05, 0.1) is 18.1 Å². The Labute approximate surface area is 201 Å². The molecule has 0 aliphatic carbocycles. The smallest absolute Gasteiger partial charge is 0.196 e. The lowest BCUT2D eigenvalue weighted by Crippen LogP contribution is -2.16. The number of carbonyl (C=O) groups excluding carboxylic acids is 2. The van der Waals surface area contributed by atoms with E-state index in [-0.39, 0.29) is 11.6 Å². The first-order valence-electron chi connectivity index (χ1n) is 10.7. The van der Waals surface area contributed by atoms with E-state index in [0.717, 1.165) is 17.0 Å². The Morgan fingerprint density at radius 2 is 1.74 bits per heavy atom. The van der Waals surface area contributed by atoms with Crippen molar-refractivity contribution in [1.82, 2.24) is 24.7 Å². The van der Waals surface area contributed by atoms with Crippen molar-refractivity contribution in [2.24, 2.45) is 0 Å². The third kappa shape index (κ3) is 4.38. The molecule has 0 saturated carbocycles. The van der Waals surface area contributed by atoms with Gasteiger partial charge in [-0.2, -0.15) is 0 Å². The molecule has 3 aromatic heterocycles. The molecule has 0 aliphatic heterocycles. The average Bonchev–Trinajstić information content (AvgIpc) is 3.39. The summed E-state index contributed by atoms with van der Waals surface area (Å²) in [6.07, 6.45) is 3.40. The van der Waals surface area contributed by atoms with E-state index in [0.29, 0.717) is 33.5 Å². The fourth-order valence-electron chi connectivity index (χ4n) is 3.94. The maximum atomic E-state index is 13.3. The van der Waals surface area contributed by atoms with Gasteiger partial charge in [0.25, 0.3) is 0 Å². The molecule has 34 heavy (non-hydrogen) atoms. The lowest BCUT2D eigenvalue weighted by atomic mass is 10.0. The quantitative estimate of drug-likeness (QED) is 0.287. The zero-order chi connectivity index (χ0) is 24.4. The summed E-state index contributed by atoms with van der Waals surface area (Å²) in [5, 5.41) is 8.93. The molecule has 0 radical (unpaired) electrons. The SMILES string of the molecule is COc1ccc(-n2c(SC(C)C(=O)c3[nH]c(C)c(C(C)=O)c3C)nnc2-c2ccncc2)cc1. The van der Waals surface area contributed by atoms with Crippen molar-refractivity contribution in [2.45, 2.75) is 38.1 Å². The van der Waals surface area contributed by atoms with Crippen molar-refractivity contribution in [3.63, 3.8) is 0 Å². The summed E-state index contributed by atoms with van der Waals surface area (Å²) in [7, 11) is 1.62. The molecule has 0 fully saturated rings. The normalized spacial score (nSPS) is 11.9. The highest BCUT2D eigenvalue weighted by Crippen LogP contribution is 2.32. The number of nitrogens with zero attached hydrogens (tertiary/aromatic N) is 4. The molecule has 0 bridgehead atoms. The van der Waals surface area contributed by atoms with Gasteiger partial charge in [0.1, 0.15) is 5.75 Å². The minimum Gasteiger partial charge on any atom is -0.497 e. The van der Waals surface area contributed by atoms with E-state index in [1.54, 1.807) is 33.4 Å². The maximum absolute atomic E-state index is 13.3. The standard InChI is InChI=1S/C25H25N5O3S/c1-14-21(16(3)31)15(2)27-22(14)23(32)17(4)34-25-29-28-24(18-10-12-26-13-11-18)30(25)19-6-8-20(33-5)9-7-19/h6-13,17,27H,1-5H3. The first-order valence-corrected chi connectivity index (χ1v) is 11.6. The summed E-state index contributed by atoms with van der Waals surface area (Å²) >= 11 is 1.31. The van der Waals surface area contributed by atoms with Gasteiger partial charge in [-0.05, 0) is 69.7 Å². The van der Waals surface area contributed by atoms with Gasteiger partial charge >= 0.3 is 0 Å². The van der Waals surface area contributed by atoms with Crippen LogP contribution in [0.1, 0.15) is 46.0 Å². The predicted molar refractivity (Wildman–Crippen MR) is 131 cm³/mol. The predicted octanol–water partition coefficient (Wildman–Crippen LogP) is 4.85. The molecule has 1 N–H and O–H groups in total. The van der Waals surface area contributed by atoms with Crippen LogP contribution in [-0.4, -0.2) is 48.7 Å². The number of ether oxygens (including phenoxy) is 1. The van der Waals surface area contributed by atoms with E-state index in [9.17, 15) is 9.59 Å². The number of aromatic nitrogens is 5. The molecule has 4 aromatic rings. The van der Waals surface area contributed by atoms with Gasteiger partial charge < -0.3 is 9.72 Å². The van der Waals surface area contributed by atoms with Crippen LogP contribution >= 0.6 is 11.8 Å². The number of ketones is 2. The molecule has 4 rings (SSSR count). The molecule has 8 nitrogen and oxygen atoms in total. The number of carbonyl (C=O) groups is 2. The minimum atomic E-state index is -0.469. The highest BCUT2D eigenvalue weighted by molar-refractivity contribution is 8.00. The van der Waals surface area contributed by atoms with Gasteiger partial charge in [0.15, 0.2) is 22.5 Å². The van der Waals surface area contributed by atoms with Crippen LogP contribution in [0.15, 0.2) is 53.9 Å². The van der Waals surface area contributed by atoms with Crippen LogP contribution in [-0.2, 0) is 0 Å². The monoisotopic (exact) mass is 475 g/mol. The van der Waals surface area contributed by atoms with Crippen molar-refractivity contribution >= 4 is 23.3 Å². The van der Waals surface area contributed by atoms with Crippen LogP contribution in [0.2, 0.25) is 0 Å². The van der Waals surface area contributed by atoms with Crippen LogP contribution in [0.25, 0.3) is 17.1 Å². The molecule has 1 atom stereocenters. The molecule has 1 unspecified atom stereocenters. The van der Waals surface area contributed by atoms with Gasteiger partial charge in [-0.15, -0.1) is 10.2 Å². The molecule has 3 heterocycles. The van der Waals surface area contributed by atoms with Crippen LogP contribution in [0, 0.1) is 13.8 Å². The Bertz CT molecular complexity index is 1340.